The highest BCUT2D eigenvalue weighted by molar-refractivity contribution is 9.10. The molecular weight excluding hydrogens is 312 g/mol. The van der Waals surface area contributed by atoms with Gasteiger partial charge in [-0.3, -0.25) is 4.79 Å². The summed E-state index contributed by atoms with van der Waals surface area (Å²) in [5.74, 6) is 0.994. The van der Waals surface area contributed by atoms with Gasteiger partial charge in [-0.05, 0) is 52.0 Å². The summed E-state index contributed by atoms with van der Waals surface area (Å²) in [5.41, 5.74) is 1.02. The van der Waals surface area contributed by atoms with Crippen molar-refractivity contribution < 1.29 is 9.53 Å². The predicted molar refractivity (Wildman–Crippen MR) is 77.2 cm³/mol. The van der Waals surface area contributed by atoms with Gasteiger partial charge < -0.3 is 4.74 Å². The summed E-state index contributed by atoms with van der Waals surface area (Å²) in [6.45, 7) is 2.16. The molecule has 2 aromatic rings. The molecule has 0 amide bonds. The van der Waals surface area contributed by atoms with Gasteiger partial charge in [-0.15, -0.1) is 11.3 Å². The van der Waals surface area contributed by atoms with E-state index in [4.69, 9.17) is 4.74 Å². The van der Waals surface area contributed by atoms with Crippen molar-refractivity contribution >= 4 is 33.0 Å². The number of carbonyl (C=O) groups is 1. The largest absolute Gasteiger partial charge is 0.488 e. The van der Waals surface area contributed by atoms with Gasteiger partial charge in [0.05, 0.1) is 4.88 Å². The molecule has 0 N–H and O–H groups in total. The Hall–Kier alpha value is -1.13. The smallest absolute Gasteiger partial charge is 0.134 e. The second-order valence-electron chi connectivity index (χ2n) is 4.00. The Morgan fingerprint density at radius 2 is 2.00 bits per heavy atom. The SMILES string of the molecule is CC(=O)Cc1ccc(OCc2sccc2Br)cc1. The topological polar surface area (TPSA) is 26.3 Å². The Balaban J connectivity index is 1.94. The molecule has 0 aliphatic carbocycles. The summed E-state index contributed by atoms with van der Waals surface area (Å²) in [6, 6.07) is 9.68. The fraction of sp³-hybridized carbons (Fsp3) is 0.214. The van der Waals surface area contributed by atoms with Crippen LogP contribution < -0.4 is 4.74 Å². The highest BCUT2D eigenvalue weighted by Gasteiger charge is 2.03. The molecule has 2 rings (SSSR count). The van der Waals surface area contributed by atoms with Gasteiger partial charge in [0.1, 0.15) is 18.1 Å². The number of carbonyl (C=O) groups excluding carboxylic acids is 1. The molecule has 2 nitrogen and oxygen atoms in total. The van der Waals surface area contributed by atoms with Gasteiger partial charge in [0.25, 0.3) is 0 Å². The Labute approximate surface area is 119 Å². The average Bonchev–Trinajstić information content (AvgIpc) is 2.73. The lowest BCUT2D eigenvalue weighted by molar-refractivity contribution is -0.116. The molecule has 94 valence electrons. The summed E-state index contributed by atoms with van der Waals surface area (Å²) in [6.07, 6.45) is 0.483. The van der Waals surface area contributed by atoms with E-state index in [2.05, 4.69) is 15.9 Å². The highest BCUT2D eigenvalue weighted by Crippen LogP contribution is 2.24. The first-order valence-electron chi connectivity index (χ1n) is 5.58. The molecule has 0 aliphatic heterocycles. The number of halogens is 1. The maximum absolute atomic E-state index is 11.0. The van der Waals surface area contributed by atoms with Crippen molar-refractivity contribution in [2.24, 2.45) is 0 Å². The molecule has 0 bridgehead atoms. The summed E-state index contributed by atoms with van der Waals surface area (Å²) in [7, 11) is 0. The summed E-state index contributed by atoms with van der Waals surface area (Å²) >= 11 is 5.14. The van der Waals surface area contributed by atoms with Gasteiger partial charge >= 0.3 is 0 Å². The molecular formula is C14H13BrO2S. The number of thiophene rings is 1. The van der Waals surface area contributed by atoms with Crippen LogP contribution in [-0.2, 0) is 17.8 Å². The lowest BCUT2D eigenvalue weighted by Gasteiger charge is -2.06. The van der Waals surface area contributed by atoms with Crippen LogP contribution >= 0.6 is 27.3 Å². The Morgan fingerprint density at radius 3 is 2.56 bits per heavy atom. The number of rotatable bonds is 5. The van der Waals surface area contributed by atoms with Gasteiger partial charge in [-0.25, -0.2) is 0 Å². The molecule has 0 atom stereocenters. The van der Waals surface area contributed by atoms with E-state index < -0.39 is 0 Å². The Bertz CT molecular complexity index is 531. The summed E-state index contributed by atoms with van der Waals surface area (Å²) in [4.78, 5) is 12.2. The van der Waals surface area contributed by atoms with Crippen molar-refractivity contribution in [1.82, 2.24) is 0 Å². The number of hydrogen-bond acceptors (Lipinski definition) is 3. The minimum atomic E-state index is 0.172. The molecule has 0 fully saturated rings. The molecule has 1 aromatic carbocycles. The fourth-order valence-corrected chi connectivity index (χ4v) is 2.95. The zero-order valence-corrected chi connectivity index (χ0v) is 12.4. The maximum atomic E-state index is 11.0. The number of hydrogen-bond donors (Lipinski definition) is 0. The molecule has 1 heterocycles. The normalized spacial score (nSPS) is 10.3. The van der Waals surface area contributed by atoms with E-state index in [0.717, 1.165) is 15.8 Å². The van der Waals surface area contributed by atoms with E-state index >= 15 is 0 Å². The van der Waals surface area contributed by atoms with Crippen LogP contribution in [0.5, 0.6) is 5.75 Å². The van der Waals surface area contributed by atoms with Gasteiger partial charge in [0, 0.05) is 10.9 Å². The first kappa shape index (κ1) is 13.3. The molecule has 0 unspecified atom stereocenters. The molecule has 4 heteroatoms. The van der Waals surface area contributed by atoms with Crippen molar-refractivity contribution in [2.45, 2.75) is 20.0 Å². The molecule has 0 saturated heterocycles. The third kappa shape index (κ3) is 3.68. The zero-order chi connectivity index (χ0) is 13.0. The zero-order valence-electron chi connectivity index (χ0n) is 9.98. The van der Waals surface area contributed by atoms with Gasteiger partial charge in [0.2, 0.25) is 0 Å². The molecule has 0 saturated carbocycles. The standard InChI is InChI=1S/C14H13BrO2S/c1-10(16)8-11-2-4-12(5-3-11)17-9-14-13(15)6-7-18-14/h2-7H,8-9H2,1H3. The molecule has 18 heavy (non-hydrogen) atoms. The van der Waals surface area contributed by atoms with Crippen molar-refractivity contribution in [2.75, 3.05) is 0 Å². The van der Waals surface area contributed by atoms with Crippen LogP contribution in [0.4, 0.5) is 0 Å². The van der Waals surface area contributed by atoms with Crippen molar-refractivity contribution in [3.63, 3.8) is 0 Å². The molecule has 1 aromatic heterocycles. The quantitative estimate of drug-likeness (QED) is 0.823. The first-order chi connectivity index (χ1) is 8.65. The fourth-order valence-electron chi connectivity index (χ4n) is 1.57. The number of ketones is 1. The van der Waals surface area contributed by atoms with Gasteiger partial charge in [-0.2, -0.15) is 0 Å². The van der Waals surface area contributed by atoms with Gasteiger partial charge in [-0.1, -0.05) is 12.1 Å². The lowest BCUT2D eigenvalue weighted by atomic mass is 10.1. The Morgan fingerprint density at radius 1 is 1.28 bits per heavy atom. The molecule has 0 spiro atoms. The number of benzene rings is 1. The van der Waals surface area contributed by atoms with E-state index in [9.17, 15) is 4.79 Å². The van der Waals surface area contributed by atoms with Crippen molar-refractivity contribution in [3.05, 3.63) is 50.6 Å². The molecule has 0 aliphatic rings. The predicted octanol–water partition coefficient (Wildman–Crippen LogP) is 4.22. The molecule has 0 radical (unpaired) electrons. The lowest BCUT2D eigenvalue weighted by Crippen LogP contribution is -1.97. The van der Waals surface area contributed by atoms with E-state index in [1.807, 2.05) is 35.7 Å². The third-order valence-electron chi connectivity index (χ3n) is 2.44. The van der Waals surface area contributed by atoms with Crippen LogP contribution in [-0.4, -0.2) is 5.78 Å². The van der Waals surface area contributed by atoms with Crippen LogP contribution in [0.1, 0.15) is 17.4 Å². The second-order valence-corrected chi connectivity index (χ2v) is 5.86. The van der Waals surface area contributed by atoms with Gasteiger partial charge in [0.15, 0.2) is 0 Å². The number of Topliss-reactive ketones (excluding diaryl/α,β-unsaturated/α-hetero) is 1. The minimum Gasteiger partial charge on any atom is -0.488 e. The second kappa shape index (κ2) is 6.16. The first-order valence-corrected chi connectivity index (χ1v) is 7.25. The van der Waals surface area contributed by atoms with Crippen molar-refractivity contribution in [1.29, 1.82) is 0 Å². The van der Waals surface area contributed by atoms with E-state index in [1.54, 1.807) is 18.3 Å². The third-order valence-corrected chi connectivity index (χ3v) is 4.34. The monoisotopic (exact) mass is 324 g/mol. The van der Waals surface area contributed by atoms with Crippen LogP contribution in [0, 0.1) is 0 Å². The minimum absolute atomic E-state index is 0.172. The summed E-state index contributed by atoms with van der Waals surface area (Å²) in [5, 5.41) is 2.03. The van der Waals surface area contributed by atoms with E-state index in [1.165, 1.54) is 4.88 Å². The average molecular weight is 325 g/mol. The maximum Gasteiger partial charge on any atom is 0.134 e. The van der Waals surface area contributed by atoms with Crippen LogP contribution in [0.25, 0.3) is 0 Å². The Kier molecular flexibility index (Phi) is 4.55. The number of ether oxygens (including phenoxy) is 1. The summed E-state index contributed by atoms with van der Waals surface area (Å²) < 4.78 is 6.77. The van der Waals surface area contributed by atoms with E-state index in [-0.39, 0.29) is 5.78 Å². The van der Waals surface area contributed by atoms with Crippen LogP contribution in [0.2, 0.25) is 0 Å². The van der Waals surface area contributed by atoms with Crippen molar-refractivity contribution in [3.8, 4) is 5.75 Å². The van der Waals surface area contributed by atoms with E-state index in [0.29, 0.717) is 13.0 Å². The van der Waals surface area contributed by atoms with Crippen LogP contribution in [0.3, 0.4) is 0 Å². The van der Waals surface area contributed by atoms with Crippen LogP contribution in [0.15, 0.2) is 40.2 Å². The highest BCUT2D eigenvalue weighted by atomic mass is 79.9.